The third kappa shape index (κ3) is 2.88. The van der Waals surface area contributed by atoms with E-state index in [9.17, 15) is 8.42 Å². The second kappa shape index (κ2) is 4.94. The molecule has 2 rings (SSSR count). The Labute approximate surface area is 110 Å². The van der Waals surface area contributed by atoms with Crippen molar-refractivity contribution in [1.82, 2.24) is 24.5 Å². The van der Waals surface area contributed by atoms with E-state index in [0.29, 0.717) is 5.82 Å². The van der Waals surface area contributed by atoms with Crippen LogP contribution in [0.25, 0.3) is 0 Å². The molecule has 0 aromatic carbocycles. The average molecular weight is 282 g/mol. The normalized spacial score (nSPS) is 13.4. The summed E-state index contributed by atoms with van der Waals surface area (Å²) in [6.45, 7) is 1.69. The van der Waals surface area contributed by atoms with Gasteiger partial charge in [0.25, 0.3) is 0 Å². The number of aromatic nitrogens is 4. The zero-order valence-electron chi connectivity index (χ0n) is 10.5. The SMILES string of the molecule is CC(NS(=O)(=O)c1ccc(N)nc1)c1nncn1C. The fourth-order valence-corrected chi connectivity index (χ4v) is 2.73. The highest BCUT2D eigenvalue weighted by molar-refractivity contribution is 7.89. The van der Waals surface area contributed by atoms with Crippen molar-refractivity contribution in [3.05, 3.63) is 30.5 Å². The van der Waals surface area contributed by atoms with E-state index >= 15 is 0 Å². The Hall–Kier alpha value is -2.00. The fraction of sp³-hybridized carbons (Fsp3) is 0.300. The van der Waals surface area contributed by atoms with Crippen molar-refractivity contribution in [2.75, 3.05) is 5.73 Å². The smallest absolute Gasteiger partial charge is 0.242 e. The van der Waals surface area contributed by atoms with Gasteiger partial charge >= 0.3 is 0 Å². The fourth-order valence-electron chi connectivity index (χ4n) is 1.59. The van der Waals surface area contributed by atoms with E-state index in [1.807, 2.05) is 0 Å². The molecule has 0 radical (unpaired) electrons. The van der Waals surface area contributed by atoms with Crippen LogP contribution in [-0.2, 0) is 17.1 Å². The molecule has 9 heteroatoms. The van der Waals surface area contributed by atoms with Gasteiger partial charge in [-0.1, -0.05) is 0 Å². The topological polar surface area (TPSA) is 116 Å². The van der Waals surface area contributed by atoms with Crippen LogP contribution in [0.5, 0.6) is 0 Å². The summed E-state index contributed by atoms with van der Waals surface area (Å²) in [6.07, 6.45) is 2.71. The van der Waals surface area contributed by atoms with Crippen LogP contribution in [0.15, 0.2) is 29.6 Å². The first kappa shape index (κ1) is 13.4. The number of nitrogen functional groups attached to an aromatic ring is 1. The molecule has 0 saturated heterocycles. The highest BCUT2D eigenvalue weighted by Gasteiger charge is 2.21. The van der Waals surface area contributed by atoms with Crippen LogP contribution in [-0.4, -0.2) is 28.2 Å². The summed E-state index contributed by atoms with van der Waals surface area (Å²) in [4.78, 5) is 3.81. The van der Waals surface area contributed by atoms with Crippen LogP contribution in [0.3, 0.4) is 0 Å². The second-order valence-corrected chi connectivity index (χ2v) is 5.78. The predicted molar refractivity (Wildman–Crippen MR) is 68.4 cm³/mol. The van der Waals surface area contributed by atoms with Crippen LogP contribution in [0.4, 0.5) is 5.82 Å². The lowest BCUT2D eigenvalue weighted by atomic mass is 10.3. The molecule has 19 heavy (non-hydrogen) atoms. The van der Waals surface area contributed by atoms with Crippen molar-refractivity contribution < 1.29 is 8.42 Å². The molecule has 0 aliphatic carbocycles. The molecule has 0 bridgehead atoms. The van der Waals surface area contributed by atoms with Crippen LogP contribution in [0.1, 0.15) is 18.8 Å². The largest absolute Gasteiger partial charge is 0.384 e. The van der Waals surface area contributed by atoms with Gasteiger partial charge in [0.1, 0.15) is 22.9 Å². The lowest BCUT2D eigenvalue weighted by Crippen LogP contribution is -2.28. The van der Waals surface area contributed by atoms with Crippen LogP contribution >= 0.6 is 0 Å². The van der Waals surface area contributed by atoms with E-state index in [4.69, 9.17) is 5.73 Å². The molecule has 1 unspecified atom stereocenters. The molecule has 0 amide bonds. The second-order valence-electron chi connectivity index (χ2n) is 4.06. The van der Waals surface area contributed by atoms with Crippen LogP contribution in [0.2, 0.25) is 0 Å². The molecule has 0 aliphatic heterocycles. The lowest BCUT2D eigenvalue weighted by Gasteiger charge is -2.13. The van der Waals surface area contributed by atoms with E-state index in [1.165, 1.54) is 24.7 Å². The van der Waals surface area contributed by atoms with Gasteiger partial charge in [-0.15, -0.1) is 10.2 Å². The summed E-state index contributed by atoms with van der Waals surface area (Å²) >= 11 is 0. The van der Waals surface area contributed by atoms with E-state index in [1.54, 1.807) is 18.5 Å². The Morgan fingerprint density at radius 3 is 2.68 bits per heavy atom. The van der Waals surface area contributed by atoms with Crippen LogP contribution in [0, 0.1) is 0 Å². The zero-order chi connectivity index (χ0) is 14.0. The monoisotopic (exact) mass is 282 g/mol. The molecule has 2 heterocycles. The summed E-state index contributed by atoms with van der Waals surface area (Å²) in [7, 11) is -1.93. The van der Waals surface area contributed by atoms with Crippen molar-refractivity contribution in [3.63, 3.8) is 0 Å². The molecule has 0 saturated carbocycles. The molecule has 3 N–H and O–H groups in total. The Morgan fingerprint density at radius 2 is 2.16 bits per heavy atom. The number of hydrogen-bond donors (Lipinski definition) is 2. The Balaban J connectivity index is 2.22. The van der Waals surface area contributed by atoms with Crippen molar-refractivity contribution >= 4 is 15.8 Å². The first-order valence-corrected chi connectivity index (χ1v) is 6.96. The summed E-state index contributed by atoms with van der Waals surface area (Å²) in [5.74, 6) is 0.785. The van der Waals surface area contributed by atoms with E-state index < -0.39 is 16.1 Å². The number of nitrogens with two attached hydrogens (primary N) is 1. The van der Waals surface area contributed by atoms with Gasteiger partial charge in [-0.05, 0) is 19.1 Å². The summed E-state index contributed by atoms with van der Waals surface area (Å²) < 4.78 is 28.4. The van der Waals surface area contributed by atoms with Crippen molar-refractivity contribution in [2.24, 2.45) is 7.05 Å². The van der Waals surface area contributed by atoms with Gasteiger partial charge in [0.2, 0.25) is 10.0 Å². The lowest BCUT2D eigenvalue weighted by molar-refractivity contribution is 0.553. The molecule has 1 atom stereocenters. The Bertz CT molecular complexity index is 664. The molecule has 2 aromatic rings. The van der Waals surface area contributed by atoms with Crippen molar-refractivity contribution in [2.45, 2.75) is 17.9 Å². The molecular formula is C10H14N6O2S. The molecular weight excluding hydrogens is 268 g/mol. The van der Waals surface area contributed by atoms with Gasteiger partial charge in [0, 0.05) is 13.2 Å². The highest BCUT2D eigenvalue weighted by atomic mass is 32.2. The van der Waals surface area contributed by atoms with Crippen LogP contribution < -0.4 is 10.5 Å². The average Bonchev–Trinajstić information content (AvgIpc) is 2.75. The van der Waals surface area contributed by atoms with Gasteiger partial charge in [-0.25, -0.2) is 18.1 Å². The number of nitrogens with one attached hydrogen (secondary N) is 1. The molecule has 0 fully saturated rings. The molecule has 0 aliphatic rings. The van der Waals surface area contributed by atoms with E-state index in [2.05, 4.69) is 19.9 Å². The van der Waals surface area contributed by atoms with Gasteiger partial charge in [0.05, 0.1) is 6.04 Å². The number of hydrogen-bond acceptors (Lipinski definition) is 6. The number of pyridine rings is 1. The van der Waals surface area contributed by atoms with Crippen molar-refractivity contribution in [3.8, 4) is 0 Å². The number of sulfonamides is 1. The van der Waals surface area contributed by atoms with E-state index in [-0.39, 0.29) is 10.7 Å². The first-order valence-electron chi connectivity index (χ1n) is 5.48. The Morgan fingerprint density at radius 1 is 1.42 bits per heavy atom. The minimum atomic E-state index is -3.67. The number of aryl methyl sites for hydroxylation is 1. The predicted octanol–water partition coefficient (Wildman–Crippen LogP) is -0.168. The summed E-state index contributed by atoms with van der Waals surface area (Å²) in [5, 5.41) is 7.56. The zero-order valence-corrected chi connectivity index (χ0v) is 11.3. The number of anilines is 1. The van der Waals surface area contributed by atoms with E-state index in [0.717, 1.165) is 0 Å². The number of nitrogens with zero attached hydrogens (tertiary/aromatic N) is 4. The Kier molecular flexibility index (Phi) is 3.49. The maximum Gasteiger partial charge on any atom is 0.242 e. The molecule has 102 valence electrons. The molecule has 0 spiro atoms. The van der Waals surface area contributed by atoms with Crippen molar-refractivity contribution in [1.29, 1.82) is 0 Å². The van der Waals surface area contributed by atoms with Gasteiger partial charge < -0.3 is 10.3 Å². The van der Waals surface area contributed by atoms with Gasteiger partial charge in [-0.2, -0.15) is 0 Å². The number of rotatable bonds is 4. The molecule has 8 nitrogen and oxygen atoms in total. The quantitative estimate of drug-likeness (QED) is 0.804. The third-order valence-corrected chi connectivity index (χ3v) is 4.06. The highest BCUT2D eigenvalue weighted by Crippen LogP contribution is 2.14. The third-order valence-electron chi connectivity index (χ3n) is 2.54. The minimum absolute atomic E-state index is 0.0516. The minimum Gasteiger partial charge on any atom is -0.384 e. The maximum absolute atomic E-state index is 12.1. The van der Waals surface area contributed by atoms with Gasteiger partial charge in [-0.3, -0.25) is 0 Å². The summed E-state index contributed by atoms with van der Waals surface area (Å²) in [6, 6.07) is 2.32. The standard InChI is InChI=1S/C10H14N6O2S/c1-7(10-14-13-6-16(10)2)15-19(17,18)8-3-4-9(11)12-5-8/h3-7,15H,1-2H3,(H2,11,12). The first-order chi connectivity index (χ1) is 8.90. The molecule has 2 aromatic heterocycles. The van der Waals surface area contributed by atoms with Gasteiger partial charge in [0.15, 0.2) is 0 Å². The maximum atomic E-state index is 12.1. The summed E-state index contributed by atoms with van der Waals surface area (Å²) in [5.41, 5.74) is 5.42.